The summed E-state index contributed by atoms with van der Waals surface area (Å²) >= 11 is 2.47. The summed E-state index contributed by atoms with van der Waals surface area (Å²) in [7, 11) is 1.61. The number of carbonyl (C=O) groups excluding carboxylic acids is 1. The molecule has 0 bridgehead atoms. The minimum atomic E-state index is -0.871. The van der Waals surface area contributed by atoms with Gasteiger partial charge in [-0.25, -0.2) is 4.79 Å². The van der Waals surface area contributed by atoms with E-state index in [1.54, 1.807) is 7.11 Å². The van der Waals surface area contributed by atoms with Gasteiger partial charge in [0.15, 0.2) is 0 Å². The van der Waals surface area contributed by atoms with Crippen molar-refractivity contribution in [2.75, 3.05) is 25.5 Å². The molecule has 1 unspecified atom stereocenters. The van der Waals surface area contributed by atoms with Crippen LogP contribution in [-0.4, -0.2) is 51.6 Å². The number of carboxylic acids is 1. The van der Waals surface area contributed by atoms with E-state index in [1.165, 1.54) is 16.7 Å². The number of hydrogen-bond acceptors (Lipinski definition) is 7. The Labute approximate surface area is 152 Å². The maximum atomic E-state index is 12.2. The van der Waals surface area contributed by atoms with E-state index in [4.69, 9.17) is 9.84 Å². The van der Waals surface area contributed by atoms with Crippen molar-refractivity contribution in [2.45, 2.75) is 16.5 Å². The van der Waals surface area contributed by atoms with E-state index < -0.39 is 11.9 Å². The first-order valence-electron chi connectivity index (χ1n) is 7.49. The molecule has 0 spiro atoms. The molecule has 10 heteroatoms. The van der Waals surface area contributed by atoms with Crippen LogP contribution in [0.2, 0.25) is 0 Å². The highest BCUT2D eigenvalue weighted by molar-refractivity contribution is 7.99. The number of ether oxygens (including phenoxy) is 1. The van der Waals surface area contributed by atoms with Crippen molar-refractivity contribution in [3.05, 3.63) is 24.3 Å². The van der Waals surface area contributed by atoms with Crippen LogP contribution in [0.5, 0.6) is 5.75 Å². The summed E-state index contributed by atoms with van der Waals surface area (Å²) in [5.41, 5.74) is 0. The van der Waals surface area contributed by atoms with Crippen LogP contribution in [0.4, 0.5) is 9.93 Å². The van der Waals surface area contributed by atoms with Gasteiger partial charge in [-0.2, -0.15) is 9.36 Å². The maximum Gasteiger partial charge on any atom is 0.323 e. The van der Waals surface area contributed by atoms with Gasteiger partial charge in [0.25, 0.3) is 0 Å². The summed E-state index contributed by atoms with van der Waals surface area (Å²) < 4.78 is 9.32. The number of nitrogens with one attached hydrogen (secondary N) is 1. The molecule has 2 aromatic rings. The van der Waals surface area contributed by atoms with Crippen molar-refractivity contribution in [2.24, 2.45) is 5.92 Å². The molecule has 3 rings (SSSR count). The van der Waals surface area contributed by atoms with Gasteiger partial charge >= 0.3 is 12.0 Å². The topological polar surface area (TPSA) is 105 Å². The SMILES string of the molecule is COc1ccc(Sc2nsc(NC(=O)N3CCC(C(=O)O)C3)n2)cc1. The normalized spacial score (nSPS) is 16.7. The lowest BCUT2D eigenvalue weighted by Crippen LogP contribution is -2.33. The number of urea groups is 1. The zero-order valence-corrected chi connectivity index (χ0v) is 15.0. The standard InChI is InChI=1S/C15H16N4O4S2/c1-23-10-2-4-11(5-3-10)24-14-16-13(25-18-14)17-15(22)19-7-6-9(8-19)12(20)21/h2-5,9H,6-8H2,1H3,(H,20,21)(H,16,17,18,22). The molecule has 2 heterocycles. The van der Waals surface area contributed by atoms with E-state index in [-0.39, 0.29) is 12.6 Å². The second-order valence-corrected chi connectivity index (χ2v) is 7.15. The van der Waals surface area contributed by atoms with Gasteiger partial charge in [-0.15, -0.1) is 0 Å². The third-order valence-electron chi connectivity index (χ3n) is 3.71. The zero-order valence-electron chi connectivity index (χ0n) is 13.3. The van der Waals surface area contributed by atoms with E-state index in [9.17, 15) is 9.59 Å². The molecule has 2 N–H and O–H groups in total. The molecule has 1 aliphatic heterocycles. The zero-order chi connectivity index (χ0) is 17.8. The van der Waals surface area contributed by atoms with Crippen LogP contribution in [0.1, 0.15) is 6.42 Å². The predicted molar refractivity (Wildman–Crippen MR) is 93.4 cm³/mol. The van der Waals surface area contributed by atoms with Gasteiger partial charge in [-0.05, 0) is 42.4 Å². The first-order valence-corrected chi connectivity index (χ1v) is 9.08. The Morgan fingerprint density at radius 1 is 1.40 bits per heavy atom. The number of amides is 2. The van der Waals surface area contributed by atoms with Crippen LogP contribution in [-0.2, 0) is 4.79 Å². The number of likely N-dealkylation sites (tertiary alicyclic amines) is 1. The van der Waals surface area contributed by atoms with E-state index in [0.29, 0.717) is 23.3 Å². The largest absolute Gasteiger partial charge is 0.497 e. The van der Waals surface area contributed by atoms with Gasteiger partial charge < -0.3 is 14.7 Å². The Hall–Kier alpha value is -2.33. The molecule has 0 saturated carbocycles. The highest BCUT2D eigenvalue weighted by atomic mass is 32.2. The van der Waals surface area contributed by atoms with Crippen LogP contribution in [0.15, 0.2) is 34.3 Å². The van der Waals surface area contributed by atoms with Gasteiger partial charge in [0.2, 0.25) is 10.3 Å². The van der Waals surface area contributed by atoms with Crippen molar-refractivity contribution < 1.29 is 19.4 Å². The molecule has 8 nitrogen and oxygen atoms in total. The van der Waals surface area contributed by atoms with Gasteiger partial charge in [0.1, 0.15) is 5.75 Å². The summed E-state index contributed by atoms with van der Waals surface area (Å²) in [5.74, 6) is -0.598. The molecule has 1 aromatic heterocycles. The lowest BCUT2D eigenvalue weighted by molar-refractivity contribution is -0.141. The summed E-state index contributed by atoms with van der Waals surface area (Å²) in [6.45, 7) is 0.641. The Morgan fingerprint density at radius 3 is 2.80 bits per heavy atom. The molecule has 25 heavy (non-hydrogen) atoms. The third-order valence-corrected chi connectivity index (χ3v) is 5.33. The Balaban J connectivity index is 1.56. The highest BCUT2D eigenvalue weighted by Crippen LogP contribution is 2.29. The van der Waals surface area contributed by atoms with Gasteiger partial charge in [-0.3, -0.25) is 10.1 Å². The van der Waals surface area contributed by atoms with Gasteiger partial charge in [0, 0.05) is 29.5 Å². The molecule has 1 fully saturated rings. The molecule has 0 radical (unpaired) electrons. The summed E-state index contributed by atoms with van der Waals surface area (Å²) in [6, 6.07) is 7.16. The lowest BCUT2D eigenvalue weighted by atomic mass is 10.1. The number of methoxy groups -OCH3 is 1. The second kappa shape index (κ2) is 7.70. The van der Waals surface area contributed by atoms with Crippen LogP contribution in [0, 0.1) is 5.92 Å². The molecular formula is C15H16N4O4S2. The number of benzene rings is 1. The first-order chi connectivity index (χ1) is 12.0. The molecule has 0 aliphatic carbocycles. The van der Waals surface area contributed by atoms with Crippen molar-refractivity contribution in [1.82, 2.24) is 14.3 Å². The maximum absolute atomic E-state index is 12.2. The molecule has 1 atom stereocenters. The van der Waals surface area contributed by atoms with Crippen LogP contribution < -0.4 is 10.1 Å². The quantitative estimate of drug-likeness (QED) is 0.821. The highest BCUT2D eigenvalue weighted by Gasteiger charge is 2.31. The minimum absolute atomic E-state index is 0.216. The summed E-state index contributed by atoms with van der Waals surface area (Å²) in [5, 5.41) is 12.6. The fourth-order valence-corrected chi connectivity index (χ4v) is 3.77. The van der Waals surface area contributed by atoms with E-state index in [0.717, 1.165) is 22.2 Å². The first kappa shape index (κ1) is 17.5. The van der Waals surface area contributed by atoms with Crippen LogP contribution in [0.25, 0.3) is 0 Å². The summed E-state index contributed by atoms with van der Waals surface area (Å²) in [4.78, 5) is 29.8. The molecule has 1 aromatic carbocycles. The van der Waals surface area contributed by atoms with E-state index in [2.05, 4.69) is 14.7 Å². The molecule has 1 aliphatic rings. The lowest BCUT2D eigenvalue weighted by Gasteiger charge is -2.15. The Morgan fingerprint density at radius 2 is 2.16 bits per heavy atom. The number of rotatable bonds is 5. The Bertz CT molecular complexity index is 765. The van der Waals surface area contributed by atoms with Gasteiger partial charge in [0.05, 0.1) is 13.0 Å². The van der Waals surface area contributed by atoms with E-state index >= 15 is 0 Å². The third kappa shape index (κ3) is 4.40. The molecule has 132 valence electrons. The molecule has 2 amide bonds. The smallest absolute Gasteiger partial charge is 0.323 e. The number of hydrogen-bond donors (Lipinski definition) is 2. The van der Waals surface area contributed by atoms with Crippen molar-refractivity contribution in [3.8, 4) is 5.75 Å². The molecular weight excluding hydrogens is 364 g/mol. The number of aromatic nitrogens is 2. The fraction of sp³-hybridized carbons (Fsp3) is 0.333. The number of carboxylic acid groups (broad SMARTS) is 1. The number of nitrogens with zero attached hydrogens (tertiary/aromatic N) is 3. The second-order valence-electron chi connectivity index (χ2n) is 5.36. The Kier molecular flexibility index (Phi) is 5.39. The summed E-state index contributed by atoms with van der Waals surface area (Å²) in [6.07, 6.45) is 0.470. The molecule has 1 saturated heterocycles. The van der Waals surface area contributed by atoms with Crippen molar-refractivity contribution >= 4 is 40.4 Å². The monoisotopic (exact) mass is 380 g/mol. The van der Waals surface area contributed by atoms with E-state index in [1.807, 2.05) is 24.3 Å². The van der Waals surface area contributed by atoms with Gasteiger partial charge in [-0.1, -0.05) is 0 Å². The minimum Gasteiger partial charge on any atom is -0.497 e. The predicted octanol–water partition coefficient (Wildman–Crippen LogP) is 2.64. The fourth-order valence-electron chi connectivity index (χ4n) is 2.37. The average molecular weight is 380 g/mol. The number of aliphatic carboxylic acids is 1. The number of carbonyl (C=O) groups is 2. The van der Waals surface area contributed by atoms with Crippen LogP contribution >= 0.6 is 23.3 Å². The average Bonchev–Trinajstić information content (AvgIpc) is 3.25. The number of anilines is 1. The van der Waals surface area contributed by atoms with Crippen LogP contribution in [0.3, 0.4) is 0 Å². The van der Waals surface area contributed by atoms with Crippen molar-refractivity contribution in [1.29, 1.82) is 0 Å². The van der Waals surface area contributed by atoms with Crippen molar-refractivity contribution in [3.63, 3.8) is 0 Å².